The summed E-state index contributed by atoms with van der Waals surface area (Å²) < 4.78 is 0. The molecule has 2 heteroatoms. The highest BCUT2D eigenvalue weighted by Gasteiger charge is 2.35. The molecule has 2 saturated carbocycles. The van der Waals surface area contributed by atoms with Gasteiger partial charge in [-0.05, 0) is 57.5 Å². The molecular weight excluding hydrogens is 244 g/mol. The highest BCUT2D eigenvalue weighted by molar-refractivity contribution is 4.93. The topological polar surface area (TPSA) is 15.3 Å². The van der Waals surface area contributed by atoms with Crippen LogP contribution in [0.25, 0.3) is 0 Å². The van der Waals surface area contributed by atoms with E-state index in [4.69, 9.17) is 0 Å². The van der Waals surface area contributed by atoms with E-state index in [0.29, 0.717) is 0 Å². The van der Waals surface area contributed by atoms with Gasteiger partial charge < -0.3 is 5.32 Å². The fraction of sp³-hybridized carbons (Fsp3) is 1.00. The van der Waals surface area contributed by atoms with Crippen molar-refractivity contribution in [2.24, 2.45) is 11.8 Å². The normalized spacial score (nSPS) is 39.1. The van der Waals surface area contributed by atoms with Crippen LogP contribution in [0.3, 0.4) is 0 Å². The predicted octanol–water partition coefficient (Wildman–Crippen LogP) is 4.05. The molecule has 0 aromatic rings. The van der Waals surface area contributed by atoms with Crippen LogP contribution in [0.2, 0.25) is 0 Å². The molecule has 0 heterocycles. The Labute approximate surface area is 126 Å². The Morgan fingerprint density at radius 2 is 1.85 bits per heavy atom. The molecule has 0 aromatic carbocycles. The lowest BCUT2D eigenvalue weighted by molar-refractivity contribution is 0.0578. The molecule has 2 aliphatic carbocycles. The maximum atomic E-state index is 3.77. The number of hydrogen-bond donors (Lipinski definition) is 1. The Morgan fingerprint density at radius 1 is 1.05 bits per heavy atom. The lowest BCUT2D eigenvalue weighted by Crippen LogP contribution is -2.55. The van der Waals surface area contributed by atoms with Crippen LogP contribution in [-0.4, -0.2) is 36.6 Å². The van der Waals surface area contributed by atoms with Crippen LogP contribution in [0.5, 0.6) is 0 Å². The van der Waals surface area contributed by atoms with Crippen LogP contribution in [0.1, 0.15) is 72.1 Å². The summed E-state index contributed by atoms with van der Waals surface area (Å²) in [5, 5.41) is 3.77. The van der Waals surface area contributed by atoms with E-state index in [2.05, 4.69) is 38.0 Å². The van der Waals surface area contributed by atoms with Crippen molar-refractivity contribution in [2.45, 2.75) is 90.3 Å². The van der Waals surface area contributed by atoms with E-state index >= 15 is 0 Å². The smallest absolute Gasteiger partial charge is 0.0251 e. The number of likely N-dealkylation sites (N-methyl/N-ethyl adjacent to an activating group) is 2. The van der Waals surface area contributed by atoms with E-state index in [0.717, 1.165) is 36.5 Å². The third kappa shape index (κ3) is 3.98. The molecule has 2 rings (SSSR count). The molecule has 0 saturated heterocycles. The van der Waals surface area contributed by atoms with Crippen molar-refractivity contribution in [3.05, 3.63) is 0 Å². The van der Waals surface area contributed by atoms with Gasteiger partial charge in [0.2, 0.25) is 0 Å². The average Bonchev–Trinajstić information content (AvgIpc) is 2.47. The number of hydrogen-bond acceptors (Lipinski definition) is 2. The Bertz CT molecular complexity index is 279. The molecule has 0 spiro atoms. The molecule has 118 valence electrons. The Balaban J connectivity index is 2.00. The zero-order valence-corrected chi connectivity index (χ0v) is 14.2. The van der Waals surface area contributed by atoms with Crippen LogP contribution in [0.4, 0.5) is 0 Å². The summed E-state index contributed by atoms with van der Waals surface area (Å²) in [5.74, 6) is 1.89. The zero-order chi connectivity index (χ0) is 14.5. The van der Waals surface area contributed by atoms with Gasteiger partial charge in [0.15, 0.2) is 0 Å². The molecule has 0 aliphatic heterocycles. The summed E-state index contributed by atoms with van der Waals surface area (Å²) in [6, 6.07) is 2.33. The second-order valence-corrected chi connectivity index (χ2v) is 7.41. The van der Waals surface area contributed by atoms with Crippen molar-refractivity contribution < 1.29 is 0 Å². The Kier molecular flexibility index (Phi) is 6.35. The molecule has 0 bridgehead atoms. The number of nitrogens with zero attached hydrogens (tertiary/aromatic N) is 1. The molecule has 2 nitrogen and oxygen atoms in total. The van der Waals surface area contributed by atoms with Gasteiger partial charge in [-0.15, -0.1) is 0 Å². The van der Waals surface area contributed by atoms with E-state index < -0.39 is 0 Å². The van der Waals surface area contributed by atoms with Gasteiger partial charge in [0.05, 0.1) is 0 Å². The van der Waals surface area contributed by atoms with Crippen molar-refractivity contribution in [1.82, 2.24) is 10.2 Å². The maximum Gasteiger partial charge on any atom is 0.0251 e. The van der Waals surface area contributed by atoms with Crippen molar-refractivity contribution in [3.63, 3.8) is 0 Å². The summed E-state index contributed by atoms with van der Waals surface area (Å²) in [6.07, 6.45) is 11.3. The minimum absolute atomic E-state index is 0.727. The molecule has 5 unspecified atom stereocenters. The summed E-state index contributed by atoms with van der Waals surface area (Å²) in [5.41, 5.74) is 0. The van der Waals surface area contributed by atoms with Crippen molar-refractivity contribution in [1.29, 1.82) is 0 Å². The van der Waals surface area contributed by atoms with Crippen molar-refractivity contribution in [2.75, 3.05) is 13.6 Å². The van der Waals surface area contributed by atoms with E-state index in [-0.39, 0.29) is 0 Å². The van der Waals surface area contributed by atoms with Gasteiger partial charge in [0.1, 0.15) is 0 Å². The highest BCUT2D eigenvalue weighted by Crippen LogP contribution is 2.34. The molecule has 0 aromatic heterocycles. The van der Waals surface area contributed by atoms with Crippen LogP contribution in [-0.2, 0) is 0 Å². The van der Waals surface area contributed by atoms with Gasteiger partial charge in [-0.2, -0.15) is 0 Å². The number of nitrogens with one attached hydrogen (secondary N) is 1. The van der Waals surface area contributed by atoms with Gasteiger partial charge in [-0.3, -0.25) is 4.90 Å². The largest absolute Gasteiger partial charge is 0.313 e. The second kappa shape index (κ2) is 7.79. The van der Waals surface area contributed by atoms with E-state index in [9.17, 15) is 0 Å². The molecule has 0 radical (unpaired) electrons. The van der Waals surface area contributed by atoms with Gasteiger partial charge in [-0.1, -0.05) is 40.0 Å². The van der Waals surface area contributed by atoms with Crippen LogP contribution >= 0.6 is 0 Å². The first-order chi connectivity index (χ1) is 9.65. The van der Waals surface area contributed by atoms with Crippen LogP contribution in [0, 0.1) is 11.8 Å². The van der Waals surface area contributed by atoms with Gasteiger partial charge in [0, 0.05) is 18.1 Å². The fourth-order valence-corrected chi connectivity index (χ4v) is 4.60. The van der Waals surface area contributed by atoms with E-state index in [1.807, 2.05) is 0 Å². The van der Waals surface area contributed by atoms with E-state index in [1.165, 1.54) is 51.4 Å². The summed E-state index contributed by atoms with van der Waals surface area (Å²) in [7, 11) is 2.41. The maximum absolute atomic E-state index is 3.77. The first-order valence-electron chi connectivity index (χ1n) is 9.10. The summed E-state index contributed by atoms with van der Waals surface area (Å²) in [6.45, 7) is 8.19. The SMILES string of the molecule is CCNC1CCC(CC)CC1N(C)C1CCCC(C)C1. The average molecular weight is 280 g/mol. The quantitative estimate of drug-likeness (QED) is 0.817. The molecule has 20 heavy (non-hydrogen) atoms. The van der Waals surface area contributed by atoms with Gasteiger partial charge >= 0.3 is 0 Å². The fourth-order valence-electron chi connectivity index (χ4n) is 4.60. The van der Waals surface area contributed by atoms with Gasteiger partial charge in [0.25, 0.3) is 0 Å². The zero-order valence-electron chi connectivity index (χ0n) is 14.2. The lowest BCUT2D eigenvalue weighted by atomic mass is 9.78. The molecule has 5 atom stereocenters. The van der Waals surface area contributed by atoms with Gasteiger partial charge in [-0.25, -0.2) is 0 Å². The van der Waals surface area contributed by atoms with Crippen LogP contribution in [0.15, 0.2) is 0 Å². The first-order valence-corrected chi connectivity index (χ1v) is 9.10. The molecule has 0 amide bonds. The predicted molar refractivity (Wildman–Crippen MR) is 88.1 cm³/mol. The van der Waals surface area contributed by atoms with Crippen molar-refractivity contribution >= 4 is 0 Å². The molecular formula is C18H36N2. The van der Waals surface area contributed by atoms with E-state index in [1.54, 1.807) is 0 Å². The Morgan fingerprint density at radius 3 is 2.50 bits per heavy atom. The summed E-state index contributed by atoms with van der Waals surface area (Å²) >= 11 is 0. The molecule has 2 fully saturated rings. The summed E-state index contributed by atoms with van der Waals surface area (Å²) in [4.78, 5) is 2.77. The molecule has 1 N–H and O–H groups in total. The highest BCUT2D eigenvalue weighted by atomic mass is 15.2. The Hall–Kier alpha value is -0.0800. The second-order valence-electron chi connectivity index (χ2n) is 7.41. The molecule has 2 aliphatic rings. The number of rotatable bonds is 5. The first kappa shape index (κ1) is 16.3. The minimum atomic E-state index is 0.727. The third-order valence-electron chi connectivity index (χ3n) is 5.98. The van der Waals surface area contributed by atoms with Crippen LogP contribution < -0.4 is 5.32 Å². The lowest BCUT2D eigenvalue weighted by Gasteiger charge is -2.46. The standard InChI is InChI=1S/C18H36N2/c1-5-15-10-11-17(19-6-2)18(13-15)20(4)16-9-7-8-14(3)12-16/h14-19H,5-13H2,1-4H3. The monoisotopic (exact) mass is 280 g/mol. The third-order valence-corrected chi connectivity index (χ3v) is 5.98. The minimum Gasteiger partial charge on any atom is -0.313 e. The van der Waals surface area contributed by atoms with Crippen molar-refractivity contribution in [3.8, 4) is 0 Å².